The van der Waals surface area contributed by atoms with E-state index in [2.05, 4.69) is 23.5 Å². The van der Waals surface area contributed by atoms with Gasteiger partial charge in [-0.3, -0.25) is 0 Å². The summed E-state index contributed by atoms with van der Waals surface area (Å²) in [5.74, 6) is 0.278. The van der Waals surface area contributed by atoms with Gasteiger partial charge in [-0.2, -0.15) is 0 Å². The Kier molecular flexibility index (Phi) is 4.28. The minimum Gasteiger partial charge on any atom is -0.497 e. The molecule has 2 aromatic carbocycles. The van der Waals surface area contributed by atoms with E-state index in [1.807, 2.05) is 20.8 Å². The molecule has 0 radical (unpaired) electrons. The molecule has 2 rings (SSSR count). The van der Waals surface area contributed by atoms with Gasteiger partial charge in [0.2, 0.25) is 0 Å². The van der Waals surface area contributed by atoms with Crippen molar-refractivity contribution in [3.05, 3.63) is 58.9 Å². The van der Waals surface area contributed by atoms with Crippen LogP contribution in [0.3, 0.4) is 0 Å². The highest BCUT2D eigenvalue weighted by Crippen LogP contribution is 2.26. The van der Waals surface area contributed by atoms with Crippen molar-refractivity contribution in [3.8, 4) is 5.75 Å². The molecule has 20 heavy (non-hydrogen) atoms. The summed E-state index contributed by atoms with van der Waals surface area (Å²) in [7, 11) is 1.53. The lowest BCUT2D eigenvalue weighted by atomic mass is 10.1. The lowest BCUT2D eigenvalue weighted by molar-refractivity contribution is 0.410. The summed E-state index contributed by atoms with van der Waals surface area (Å²) in [4.78, 5) is 0. The Morgan fingerprint density at radius 3 is 2.50 bits per heavy atom. The Morgan fingerprint density at radius 1 is 1.10 bits per heavy atom. The smallest absolute Gasteiger partial charge is 0.132 e. The SMILES string of the molecule is COc1ccc(C(C)Nc2cc(C)ccc2C)c(F)c1. The van der Waals surface area contributed by atoms with Crippen molar-refractivity contribution in [2.45, 2.75) is 26.8 Å². The maximum atomic E-state index is 14.1. The first-order chi connectivity index (χ1) is 9.51. The lowest BCUT2D eigenvalue weighted by Crippen LogP contribution is -2.09. The van der Waals surface area contributed by atoms with Crippen molar-refractivity contribution in [2.24, 2.45) is 0 Å². The predicted octanol–water partition coefficient (Wildman–Crippen LogP) is 4.62. The van der Waals surface area contributed by atoms with Crippen molar-refractivity contribution in [2.75, 3.05) is 12.4 Å². The summed E-state index contributed by atoms with van der Waals surface area (Å²) in [6.07, 6.45) is 0. The summed E-state index contributed by atoms with van der Waals surface area (Å²) in [6, 6.07) is 11.1. The summed E-state index contributed by atoms with van der Waals surface area (Å²) in [6.45, 7) is 6.04. The van der Waals surface area contributed by atoms with Crippen LogP contribution in [0.25, 0.3) is 0 Å². The Balaban J connectivity index is 2.23. The van der Waals surface area contributed by atoms with Crippen LogP contribution in [0, 0.1) is 19.7 Å². The second-order valence-corrected chi connectivity index (χ2v) is 5.07. The van der Waals surface area contributed by atoms with E-state index < -0.39 is 0 Å². The Morgan fingerprint density at radius 2 is 1.85 bits per heavy atom. The number of aryl methyl sites for hydroxylation is 2. The van der Waals surface area contributed by atoms with Crippen LogP contribution in [-0.4, -0.2) is 7.11 Å². The van der Waals surface area contributed by atoms with Crippen LogP contribution in [-0.2, 0) is 0 Å². The van der Waals surface area contributed by atoms with E-state index in [1.165, 1.54) is 18.7 Å². The molecular formula is C17H20FNO. The molecule has 0 heterocycles. The Hall–Kier alpha value is -2.03. The van der Waals surface area contributed by atoms with Crippen LogP contribution in [0.4, 0.5) is 10.1 Å². The van der Waals surface area contributed by atoms with Gasteiger partial charge in [-0.15, -0.1) is 0 Å². The minimum atomic E-state index is -0.255. The molecular weight excluding hydrogens is 253 g/mol. The molecule has 1 unspecified atom stereocenters. The first-order valence-corrected chi connectivity index (χ1v) is 6.68. The van der Waals surface area contributed by atoms with Gasteiger partial charge >= 0.3 is 0 Å². The zero-order valence-corrected chi connectivity index (χ0v) is 12.3. The number of hydrogen-bond donors (Lipinski definition) is 1. The maximum Gasteiger partial charge on any atom is 0.132 e. The summed E-state index contributed by atoms with van der Waals surface area (Å²) in [5, 5.41) is 3.36. The first-order valence-electron chi connectivity index (χ1n) is 6.68. The van der Waals surface area contributed by atoms with Crippen molar-refractivity contribution >= 4 is 5.69 Å². The topological polar surface area (TPSA) is 21.3 Å². The van der Waals surface area contributed by atoms with Crippen molar-refractivity contribution in [3.63, 3.8) is 0 Å². The maximum absolute atomic E-state index is 14.1. The van der Waals surface area contributed by atoms with Crippen LogP contribution in [0.5, 0.6) is 5.75 Å². The normalized spacial score (nSPS) is 12.1. The molecule has 0 fully saturated rings. The first kappa shape index (κ1) is 14.4. The summed E-state index contributed by atoms with van der Waals surface area (Å²) in [5.41, 5.74) is 4.00. The van der Waals surface area contributed by atoms with E-state index in [9.17, 15) is 4.39 Å². The molecule has 1 N–H and O–H groups in total. The van der Waals surface area contributed by atoms with Gasteiger partial charge in [0, 0.05) is 17.3 Å². The molecule has 0 bridgehead atoms. The van der Waals surface area contributed by atoms with Crippen LogP contribution in [0.2, 0.25) is 0 Å². The van der Waals surface area contributed by atoms with Gasteiger partial charge in [0.1, 0.15) is 11.6 Å². The third-order valence-electron chi connectivity index (χ3n) is 3.44. The van der Waals surface area contributed by atoms with Gasteiger partial charge in [0.05, 0.1) is 13.2 Å². The summed E-state index contributed by atoms with van der Waals surface area (Å²) >= 11 is 0. The molecule has 1 atom stereocenters. The van der Waals surface area contributed by atoms with E-state index in [-0.39, 0.29) is 11.9 Å². The molecule has 0 saturated carbocycles. The van der Waals surface area contributed by atoms with Crippen LogP contribution < -0.4 is 10.1 Å². The summed E-state index contributed by atoms with van der Waals surface area (Å²) < 4.78 is 19.1. The van der Waals surface area contributed by atoms with E-state index in [1.54, 1.807) is 12.1 Å². The van der Waals surface area contributed by atoms with Gasteiger partial charge in [-0.05, 0) is 44.0 Å². The number of rotatable bonds is 4. The lowest BCUT2D eigenvalue weighted by Gasteiger charge is -2.19. The monoisotopic (exact) mass is 273 g/mol. The zero-order chi connectivity index (χ0) is 14.7. The number of methoxy groups -OCH3 is 1. The largest absolute Gasteiger partial charge is 0.497 e. The third-order valence-corrected chi connectivity index (χ3v) is 3.44. The fraction of sp³-hybridized carbons (Fsp3) is 0.294. The van der Waals surface area contributed by atoms with Crippen molar-refractivity contribution in [1.29, 1.82) is 0 Å². The van der Waals surface area contributed by atoms with Crippen molar-refractivity contribution in [1.82, 2.24) is 0 Å². The predicted molar refractivity (Wildman–Crippen MR) is 80.9 cm³/mol. The third kappa shape index (κ3) is 3.10. The number of nitrogens with one attached hydrogen (secondary N) is 1. The second kappa shape index (κ2) is 5.95. The number of halogens is 1. The number of anilines is 1. The molecule has 3 heteroatoms. The van der Waals surface area contributed by atoms with Gasteiger partial charge in [-0.25, -0.2) is 4.39 Å². The molecule has 0 saturated heterocycles. The Labute approximate surface area is 119 Å². The van der Waals surface area contributed by atoms with Gasteiger partial charge in [0.15, 0.2) is 0 Å². The molecule has 0 spiro atoms. The molecule has 0 aliphatic heterocycles. The van der Waals surface area contributed by atoms with Gasteiger partial charge < -0.3 is 10.1 Å². The molecule has 0 aromatic heterocycles. The molecule has 0 aliphatic carbocycles. The van der Waals surface area contributed by atoms with Crippen LogP contribution in [0.15, 0.2) is 36.4 Å². The van der Waals surface area contributed by atoms with Crippen LogP contribution in [0.1, 0.15) is 29.7 Å². The van der Waals surface area contributed by atoms with Gasteiger partial charge in [0.25, 0.3) is 0 Å². The van der Waals surface area contributed by atoms with E-state index in [0.717, 1.165) is 11.3 Å². The Bertz CT molecular complexity index is 610. The van der Waals surface area contributed by atoms with E-state index >= 15 is 0 Å². The minimum absolute atomic E-state index is 0.110. The number of hydrogen-bond acceptors (Lipinski definition) is 2. The van der Waals surface area contributed by atoms with E-state index in [0.29, 0.717) is 11.3 Å². The second-order valence-electron chi connectivity index (χ2n) is 5.07. The van der Waals surface area contributed by atoms with E-state index in [4.69, 9.17) is 4.74 Å². The molecule has 2 aromatic rings. The number of ether oxygens (including phenoxy) is 1. The average Bonchev–Trinajstić information content (AvgIpc) is 2.42. The highest BCUT2D eigenvalue weighted by atomic mass is 19.1. The van der Waals surface area contributed by atoms with Crippen molar-refractivity contribution < 1.29 is 9.13 Å². The van der Waals surface area contributed by atoms with Crippen LogP contribution >= 0.6 is 0 Å². The molecule has 0 aliphatic rings. The number of benzene rings is 2. The molecule has 2 nitrogen and oxygen atoms in total. The van der Waals surface area contributed by atoms with Gasteiger partial charge in [-0.1, -0.05) is 18.2 Å². The fourth-order valence-electron chi connectivity index (χ4n) is 2.19. The standard InChI is InChI=1S/C17H20FNO/c1-11-5-6-12(2)17(9-11)19-13(3)15-8-7-14(20-4)10-16(15)18/h5-10,13,19H,1-4H3. The molecule has 106 valence electrons. The highest BCUT2D eigenvalue weighted by molar-refractivity contribution is 5.54. The zero-order valence-electron chi connectivity index (χ0n) is 12.3. The fourth-order valence-corrected chi connectivity index (χ4v) is 2.19. The highest BCUT2D eigenvalue weighted by Gasteiger charge is 2.12. The molecule has 0 amide bonds. The quantitative estimate of drug-likeness (QED) is 0.877. The average molecular weight is 273 g/mol.